The van der Waals surface area contributed by atoms with Crippen LogP contribution in [-0.2, 0) is 6.42 Å². The van der Waals surface area contributed by atoms with Crippen LogP contribution in [0.3, 0.4) is 0 Å². The molecule has 64 valence electrons. The molecule has 2 aromatic rings. The Labute approximate surface area is 74.8 Å². The monoisotopic (exact) mass is 181 g/mol. The zero-order valence-corrected chi connectivity index (χ0v) is 7.55. The van der Waals surface area contributed by atoms with Gasteiger partial charge in [0.15, 0.2) is 4.96 Å². The Bertz CT molecular complexity index is 334. The van der Waals surface area contributed by atoms with Crippen molar-refractivity contribution < 1.29 is 0 Å². The van der Waals surface area contributed by atoms with Crippen molar-refractivity contribution in [2.45, 2.75) is 12.8 Å². The van der Waals surface area contributed by atoms with E-state index in [0.717, 1.165) is 30.0 Å². The SMILES string of the molecule is NCCCc1cn2ccsc2n1. The number of hydrogen-bond acceptors (Lipinski definition) is 3. The number of aryl methyl sites for hydroxylation is 1. The highest BCUT2D eigenvalue weighted by Gasteiger charge is 2.00. The highest BCUT2D eigenvalue weighted by atomic mass is 32.1. The van der Waals surface area contributed by atoms with E-state index in [4.69, 9.17) is 5.73 Å². The van der Waals surface area contributed by atoms with Gasteiger partial charge < -0.3 is 5.73 Å². The van der Waals surface area contributed by atoms with Crippen LogP contribution in [-0.4, -0.2) is 15.9 Å². The highest BCUT2D eigenvalue weighted by molar-refractivity contribution is 7.15. The molecule has 0 atom stereocenters. The topological polar surface area (TPSA) is 43.3 Å². The van der Waals surface area contributed by atoms with Gasteiger partial charge in [0.05, 0.1) is 5.69 Å². The smallest absolute Gasteiger partial charge is 0.193 e. The summed E-state index contributed by atoms with van der Waals surface area (Å²) in [7, 11) is 0. The standard InChI is InChI=1S/C8H11N3S/c9-3-1-2-7-6-11-4-5-12-8(11)10-7/h4-6H,1-3,9H2. The van der Waals surface area contributed by atoms with E-state index >= 15 is 0 Å². The number of fused-ring (bicyclic) bond motifs is 1. The summed E-state index contributed by atoms with van der Waals surface area (Å²) in [5.74, 6) is 0. The lowest BCUT2D eigenvalue weighted by Crippen LogP contribution is -2.00. The molecule has 2 aromatic heterocycles. The summed E-state index contributed by atoms with van der Waals surface area (Å²) in [6.45, 7) is 0.741. The van der Waals surface area contributed by atoms with Gasteiger partial charge in [-0.15, -0.1) is 11.3 Å². The molecule has 0 aliphatic carbocycles. The van der Waals surface area contributed by atoms with Crippen LogP contribution >= 0.6 is 11.3 Å². The molecule has 0 aromatic carbocycles. The van der Waals surface area contributed by atoms with Crippen LogP contribution in [0, 0.1) is 0 Å². The van der Waals surface area contributed by atoms with Crippen LogP contribution in [0.2, 0.25) is 0 Å². The minimum absolute atomic E-state index is 0.741. The van der Waals surface area contributed by atoms with Crippen LogP contribution in [0.25, 0.3) is 4.96 Å². The maximum atomic E-state index is 5.41. The van der Waals surface area contributed by atoms with Crippen molar-refractivity contribution in [2.75, 3.05) is 6.54 Å². The van der Waals surface area contributed by atoms with Crippen LogP contribution in [0.5, 0.6) is 0 Å². The third-order valence-corrected chi connectivity index (χ3v) is 2.55. The summed E-state index contributed by atoms with van der Waals surface area (Å²) in [6, 6.07) is 0. The number of aromatic nitrogens is 2. The number of thiazole rings is 1. The van der Waals surface area contributed by atoms with E-state index in [0.29, 0.717) is 0 Å². The van der Waals surface area contributed by atoms with Crippen molar-refractivity contribution in [1.82, 2.24) is 9.38 Å². The Morgan fingerprint density at radius 3 is 3.25 bits per heavy atom. The van der Waals surface area contributed by atoms with Gasteiger partial charge in [-0.05, 0) is 19.4 Å². The van der Waals surface area contributed by atoms with Gasteiger partial charge in [0.2, 0.25) is 0 Å². The van der Waals surface area contributed by atoms with Crippen molar-refractivity contribution >= 4 is 16.3 Å². The Morgan fingerprint density at radius 2 is 2.50 bits per heavy atom. The molecule has 12 heavy (non-hydrogen) atoms. The second-order valence-electron chi connectivity index (χ2n) is 2.72. The third kappa shape index (κ3) is 1.35. The molecule has 2 rings (SSSR count). The molecule has 0 saturated carbocycles. The van der Waals surface area contributed by atoms with Crippen molar-refractivity contribution in [1.29, 1.82) is 0 Å². The summed E-state index contributed by atoms with van der Waals surface area (Å²) in [5, 5.41) is 2.04. The van der Waals surface area contributed by atoms with Gasteiger partial charge >= 0.3 is 0 Å². The second-order valence-corrected chi connectivity index (χ2v) is 3.59. The van der Waals surface area contributed by atoms with Gasteiger partial charge in [-0.25, -0.2) is 4.98 Å². The van der Waals surface area contributed by atoms with E-state index in [9.17, 15) is 0 Å². The minimum Gasteiger partial charge on any atom is -0.330 e. The summed E-state index contributed by atoms with van der Waals surface area (Å²) >= 11 is 1.66. The predicted octanol–water partition coefficient (Wildman–Crippen LogP) is 1.29. The number of rotatable bonds is 3. The molecular formula is C8H11N3S. The molecule has 2 N–H and O–H groups in total. The van der Waals surface area contributed by atoms with Crippen molar-refractivity contribution in [3.8, 4) is 0 Å². The maximum absolute atomic E-state index is 5.41. The van der Waals surface area contributed by atoms with E-state index in [1.165, 1.54) is 0 Å². The summed E-state index contributed by atoms with van der Waals surface area (Å²) < 4.78 is 2.05. The summed E-state index contributed by atoms with van der Waals surface area (Å²) in [4.78, 5) is 5.51. The van der Waals surface area contributed by atoms with Crippen LogP contribution in [0.15, 0.2) is 17.8 Å². The Balaban J connectivity index is 2.21. The molecule has 2 heterocycles. The number of hydrogen-bond donors (Lipinski definition) is 1. The first-order valence-corrected chi connectivity index (χ1v) is 4.89. The Kier molecular flexibility index (Phi) is 2.10. The van der Waals surface area contributed by atoms with Gasteiger partial charge in [-0.2, -0.15) is 0 Å². The lowest BCUT2D eigenvalue weighted by atomic mass is 10.2. The third-order valence-electron chi connectivity index (χ3n) is 1.78. The predicted molar refractivity (Wildman–Crippen MR) is 50.4 cm³/mol. The normalized spacial score (nSPS) is 11.1. The Morgan fingerprint density at radius 1 is 1.58 bits per heavy atom. The minimum atomic E-state index is 0.741. The van der Waals surface area contributed by atoms with E-state index in [2.05, 4.69) is 15.6 Å². The number of nitrogens with two attached hydrogens (primary N) is 1. The molecule has 0 radical (unpaired) electrons. The average Bonchev–Trinajstić information content (AvgIpc) is 2.58. The molecule has 0 spiro atoms. The first-order chi connectivity index (χ1) is 5.90. The molecule has 0 saturated heterocycles. The fraction of sp³-hybridized carbons (Fsp3) is 0.375. The first-order valence-electron chi connectivity index (χ1n) is 4.01. The fourth-order valence-electron chi connectivity index (χ4n) is 1.18. The van der Waals surface area contributed by atoms with Crippen LogP contribution in [0.4, 0.5) is 0 Å². The zero-order chi connectivity index (χ0) is 8.39. The average molecular weight is 181 g/mol. The van der Waals surface area contributed by atoms with Crippen LogP contribution < -0.4 is 5.73 Å². The van der Waals surface area contributed by atoms with Gasteiger partial charge in [0, 0.05) is 17.8 Å². The van der Waals surface area contributed by atoms with Crippen molar-refractivity contribution in [3.05, 3.63) is 23.5 Å². The van der Waals surface area contributed by atoms with E-state index in [-0.39, 0.29) is 0 Å². The summed E-state index contributed by atoms with van der Waals surface area (Å²) in [5.41, 5.74) is 6.56. The molecule has 4 heteroatoms. The van der Waals surface area contributed by atoms with E-state index in [1.807, 2.05) is 11.6 Å². The number of nitrogens with zero attached hydrogens (tertiary/aromatic N) is 2. The first kappa shape index (κ1) is 7.76. The lowest BCUT2D eigenvalue weighted by molar-refractivity contribution is 0.816. The molecule has 0 unspecified atom stereocenters. The van der Waals surface area contributed by atoms with Crippen LogP contribution in [0.1, 0.15) is 12.1 Å². The van der Waals surface area contributed by atoms with Gasteiger partial charge in [-0.3, -0.25) is 4.40 Å². The molecule has 0 fully saturated rings. The van der Waals surface area contributed by atoms with E-state index < -0.39 is 0 Å². The quantitative estimate of drug-likeness (QED) is 0.775. The highest BCUT2D eigenvalue weighted by Crippen LogP contribution is 2.11. The van der Waals surface area contributed by atoms with Crippen molar-refractivity contribution in [3.63, 3.8) is 0 Å². The lowest BCUT2D eigenvalue weighted by Gasteiger charge is -1.90. The molecular weight excluding hydrogens is 170 g/mol. The molecule has 3 nitrogen and oxygen atoms in total. The molecule has 0 amide bonds. The zero-order valence-electron chi connectivity index (χ0n) is 6.73. The molecule has 0 bridgehead atoms. The molecule has 0 aliphatic heterocycles. The van der Waals surface area contributed by atoms with Gasteiger partial charge in [0.1, 0.15) is 0 Å². The summed E-state index contributed by atoms with van der Waals surface area (Å²) in [6.07, 6.45) is 6.11. The fourth-order valence-corrected chi connectivity index (χ4v) is 1.90. The van der Waals surface area contributed by atoms with E-state index in [1.54, 1.807) is 11.3 Å². The second kappa shape index (κ2) is 3.25. The van der Waals surface area contributed by atoms with Crippen molar-refractivity contribution in [2.24, 2.45) is 5.73 Å². The number of imidazole rings is 1. The van der Waals surface area contributed by atoms with Gasteiger partial charge in [0.25, 0.3) is 0 Å². The maximum Gasteiger partial charge on any atom is 0.193 e. The van der Waals surface area contributed by atoms with Gasteiger partial charge in [-0.1, -0.05) is 0 Å². The molecule has 0 aliphatic rings. The Hall–Kier alpha value is -0.870. The largest absolute Gasteiger partial charge is 0.330 e.